The lowest BCUT2D eigenvalue weighted by molar-refractivity contribution is -0.139. The number of anilines is 1. The molecule has 0 heterocycles. The summed E-state index contributed by atoms with van der Waals surface area (Å²) in [5.74, 6) is -0.401. The Morgan fingerprint density at radius 1 is 0.837 bits per heavy atom. The number of carbonyl (C=O) groups is 2. The molecule has 0 aromatic heterocycles. The molecule has 43 heavy (non-hydrogen) atoms. The van der Waals surface area contributed by atoms with Crippen molar-refractivity contribution in [3.8, 4) is 17.2 Å². The molecule has 0 radical (unpaired) electrons. The summed E-state index contributed by atoms with van der Waals surface area (Å²) < 4.78 is 45.5. The van der Waals surface area contributed by atoms with Crippen LogP contribution in [0.5, 0.6) is 17.2 Å². The van der Waals surface area contributed by atoms with Crippen LogP contribution in [0.3, 0.4) is 0 Å². The normalized spacial score (nSPS) is 11.9. The fourth-order valence-electron chi connectivity index (χ4n) is 4.30. The smallest absolute Gasteiger partial charge is 0.265 e. The van der Waals surface area contributed by atoms with Crippen LogP contribution < -0.4 is 23.8 Å². The molecular weight excluding hydrogens is 617 g/mol. The number of amides is 2. The van der Waals surface area contributed by atoms with E-state index in [1.165, 1.54) is 62.6 Å². The van der Waals surface area contributed by atoms with Gasteiger partial charge >= 0.3 is 0 Å². The van der Waals surface area contributed by atoms with Crippen LogP contribution in [0.4, 0.5) is 5.69 Å². The summed E-state index contributed by atoms with van der Waals surface area (Å²) >= 11 is 12.5. The van der Waals surface area contributed by atoms with Gasteiger partial charge in [0.25, 0.3) is 10.0 Å². The topological polar surface area (TPSA) is 114 Å². The highest BCUT2D eigenvalue weighted by Crippen LogP contribution is 2.37. The quantitative estimate of drug-likeness (QED) is 0.272. The second kappa shape index (κ2) is 14.7. The Morgan fingerprint density at radius 2 is 1.47 bits per heavy atom. The molecule has 0 aliphatic heterocycles. The average molecular weight is 653 g/mol. The summed E-state index contributed by atoms with van der Waals surface area (Å²) in [6, 6.07) is 14.2. The number of ether oxygens (including phenoxy) is 3. The van der Waals surface area contributed by atoms with Gasteiger partial charge in [0, 0.05) is 28.7 Å². The molecular formula is C30H35Cl2N3O7S. The predicted octanol–water partition coefficient (Wildman–Crippen LogP) is 5.16. The highest BCUT2D eigenvalue weighted by atomic mass is 35.5. The van der Waals surface area contributed by atoms with E-state index in [2.05, 4.69) is 5.32 Å². The Bertz CT molecular complexity index is 1570. The largest absolute Gasteiger partial charge is 0.495 e. The molecule has 0 unspecified atom stereocenters. The summed E-state index contributed by atoms with van der Waals surface area (Å²) in [4.78, 5) is 28.3. The molecule has 13 heteroatoms. The van der Waals surface area contributed by atoms with Crippen LogP contribution in [0, 0.1) is 0 Å². The number of methoxy groups -OCH3 is 3. The minimum Gasteiger partial charge on any atom is -0.495 e. The van der Waals surface area contributed by atoms with Gasteiger partial charge in [-0.2, -0.15) is 0 Å². The standard InChI is InChI=1S/C30H35Cl2N3O7S/c1-19(2)33-30(37)20(3)34(17-21-8-7-9-22(31)14-21)29(36)18-35(25-15-23(32)10-12-26(25)40-4)43(38,39)24-11-13-27(41-5)28(16-24)42-6/h7-16,19-20H,17-18H2,1-6H3,(H,33,37)/t20-/m0/s1. The molecule has 3 aromatic carbocycles. The number of hydrogen-bond acceptors (Lipinski definition) is 7. The summed E-state index contributed by atoms with van der Waals surface area (Å²) in [5.41, 5.74) is 0.680. The molecule has 1 N–H and O–H groups in total. The third kappa shape index (κ3) is 8.25. The molecule has 0 saturated heterocycles. The van der Waals surface area contributed by atoms with E-state index in [0.717, 1.165) is 4.31 Å². The molecule has 2 amide bonds. The van der Waals surface area contributed by atoms with Crippen molar-refractivity contribution in [2.24, 2.45) is 0 Å². The molecule has 10 nitrogen and oxygen atoms in total. The van der Waals surface area contributed by atoms with Gasteiger partial charge in [-0.3, -0.25) is 13.9 Å². The summed E-state index contributed by atoms with van der Waals surface area (Å²) in [5, 5.41) is 3.48. The summed E-state index contributed by atoms with van der Waals surface area (Å²) in [6.07, 6.45) is 0. The summed E-state index contributed by atoms with van der Waals surface area (Å²) in [6.45, 7) is 4.48. The Kier molecular flexibility index (Phi) is 11.5. The third-order valence-corrected chi connectivity index (χ3v) is 8.70. The first kappa shape index (κ1) is 33.8. The molecule has 0 fully saturated rings. The van der Waals surface area contributed by atoms with Crippen LogP contribution in [0.1, 0.15) is 26.3 Å². The van der Waals surface area contributed by atoms with Gasteiger partial charge in [-0.25, -0.2) is 8.42 Å². The van der Waals surface area contributed by atoms with Crippen molar-refractivity contribution >= 4 is 50.7 Å². The first-order chi connectivity index (χ1) is 20.3. The number of nitrogens with zero attached hydrogens (tertiary/aromatic N) is 2. The number of benzene rings is 3. The zero-order valence-electron chi connectivity index (χ0n) is 24.8. The fourth-order valence-corrected chi connectivity index (χ4v) is 6.11. The second-order valence-electron chi connectivity index (χ2n) is 9.84. The van der Waals surface area contributed by atoms with Crippen molar-refractivity contribution in [3.05, 3.63) is 76.3 Å². The number of rotatable bonds is 13. The monoisotopic (exact) mass is 651 g/mol. The number of sulfonamides is 1. The number of carbonyl (C=O) groups excluding carboxylic acids is 2. The minimum atomic E-state index is -4.44. The van der Waals surface area contributed by atoms with E-state index >= 15 is 0 Å². The molecule has 1 atom stereocenters. The Balaban J connectivity index is 2.15. The SMILES string of the molecule is COc1ccc(S(=O)(=O)N(CC(=O)N(Cc2cccc(Cl)c2)[C@@H](C)C(=O)NC(C)C)c2cc(Cl)ccc2OC)cc1OC. The van der Waals surface area contributed by atoms with E-state index < -0.39 is 34.4 Å². The van der Waals surface area contributed by atoms with Crippen molar-refractivity contribution in [3.63, 3.8) is 0 Å². The van der Waals surface area contributed by atoms with Crippen molar-refractivity contribution in [2.45, 2.75) is 44.3 Å². The first-order valence-corrected chi connectivity index (χ1v) is 15.4. The van der Waals surface area contributed by atoms with Crippen molar-refractivity contribution < 1.29 is 32.2 Å². The minimum absolute atomic E-state index is 0.0109. The zero-order chi connectivity index (χ0) is 31.9. The average Bonchev–Trinajstić information content (AvgIpc) is 2.97. The number of hydrogen-bond donors (Lipinski definition) is 1. The lowest BCUT2D eigenvalue weighted by atomic mass is 10.1. The Morgan fingerprint density at radius 3 is 2.07 bits per heavy atom. The lowest BCUT2D eigenvalue weighted by Gasteiger charge is -2.32. The molecule has 0 spiro atoms. The summed E-state index contributed by atoms with van der Waals surface area (Å²) in [7, 11) is -0.258. The van der Waals surface area contributed by atoms with Gasteiger partial charge in [0.05, 0.1) is 31.9 Å². The Labute approximate surface area is 262 Å². The zero-order valence-corrected chi connectivity index (χ0v) is 27.1. The maximum Gasteiger partial charge on any atom is 0.265 e. The molecule has 0 saturated carbocycles. The number of nitrogens with one attached hydrogen (secondary N) is 1. The van der Waals surface area contributed by atoms with Gasteiger partial charge in [0.1, 0.15) is 18.3 Å². The van der Waals surface area contributed by atoms with E-state index in [1.807, 2.05) is 0 Å². The first-order valence-electron chi connectivity index (χ1n) is 13.2. The van der Waals surface area contributed by atoms with Crippen LogP contribution in [0.25, 0.3) is 0 Å². The molecule has 3 aromatic rings. The van der Waals surface area contributed by atoms with Crippen LogP contribution in [0.15, 0.2) is 65.6 Å². The van der Waals surface area contributed by atoms with Gasteiger partial charge < -0.3 is 24.4 Å². The van der Waals surface area contributed by atoms with Crippen molar-refractivity contribution in [1.82, 2.24) is 10.2 Å². The Hall–Kier alpha value is -3.67. The van der Waals surface area contributed by atoms with Gasteiger partial charge in [0.2, 0.25) is 11.8 Å². The van der Waals surface area contributed by atoms with E-state index in [1.54, 1.807) is 45.0 Å². The van der Waals surface area contributed by atoms with E-state index in [-0.39, 0.29) is 39.7 Å². The van der Waals surface area contributed by atoms with E-state index in [0.29, 0.717) is 16.3 Å². The molecule has 232 valence electrons. The van der Waals surface area contributed by atoms with E-state index in [4.69, 9.17) is 37.4 Å². The molecule has 0 aliphatic carbocycles. The van der Waals surface area contributed by atoms with Gasteiger partial charge in [0.15, 0.2) is 11.5 Å². The maximum atomic E-state index is 14.3. The fraction of sp³-hybridized carbons (Fsp3) is 0.333. The molecule has 0 aliphatic rings. The van der Waals surface area contributed by atoms with Gasteiger partial charge in [-0.05, 0) is 68.8 Å². The maximum absolute atomic E-state index is 14.3. The molecule has 3 rings (SSSR count). The highest BCUT2D eigenvalue weighted by molar-refractivity contribution is 7.92. The third-order valence-electron chi connectivity index (χ3n) is 6.47. The predicted molar refractivity (Wildman–Crippen MR) is 167 cm³/mol. The second-order valence-corrected chi connectivity index (χ2v) is 12.6. The van der Waals surface area contributed by atoms with E-state index in [9.17, 15) is 18.0 Å². The van der Waals surface area contributed by atoms with Crippen LogP contribution in [-0.4, -0.2) is 65.1 Å². The van der Waals surface area contributed by atoms with Crippen molar-refractivity contribution in [2.75, 3.05) is 32.2 Å². The van der Waals surface area contributed by atoms with Gasteiger partial charge in [-0.1, -0.05) is 35.3 Å². The van der Waals surface area contributed by atoms with Crippen LogP contribution >= 0.6 is 23.2 Å². The van der Waals surface area contributed by atoms with Crippen LogP contribution in [-0.2, 0) is 26.2 Å². The van der Waals surface area contributed by atoms with Crippen molar-refractivity contribution in [1.29, 1.82) is 0 Å². The molecule has 0 bridgehead atoms. The number of halogens is 2. The van der Waals surface area contributed by atoms with Crippen LogP contribution in [0.2, 0.25) is 10.0 Å². The highest BCUT2D eigenvalue weighted by Gasteiger charge is 2.34. The van der Waals surface area contributed by atoms with Gasteiger partial charge in [-0.15, -0.1) is 0 Å². The lowest BCUT2D eigenvalue weighted by Crippen LogP contribution is -2.52.